The molecule has 14 heavy (non-hydrogen) atoms. The van der Waals surface area contributed by atoms with Gasteiger partial charge in [0.05, 0.1) is 0 Å². The Morgan fingerprint density at radius 2 is 2.07 bits per heavy atom. The van der Waals surface area contributed by atoms with Crippen LogP contribution in [0.15, 0.2) is 12.2 Å². The molecular weight excluding hydrogens is 172 g/mol. The van der Waals surface area contributed by atoms with Crippen LogP contribution < -0.4 is 5.32 Å². The van der Waals surface area contributed by atoms with Gasteiger partial charge in [-0.15, -0.1) is 0 Å². The molecule has 0 heterocycles. The van der Waals surface area contributed by atoms with Gasteiger partial charge in [-0.1, -0.05) is 27.4 Å². The van der Waals surface area contributed by atoms with Crippen LogP contribution in [0, 0.1) is 5.92 Å². The molecule has 0 radical (unpaired) electrons. The summed E-state index contributed by atoms with van der Waals surface area (Å²) < 4.78 is 0. The molecule has 84 valence electrons. The van der Waals surface area contributed by atoms with Gasteiger partial charge in [-0.3, -0.25) is 0 Å². The summed E-state index contributed by atoms with van der Waals surface area (Å²) in [5.74, 6) is 0.791. The Labute approximate surface area is 89.4 Å². The Morgan fingerprint density at radius 1 is 1.43 bits per heavy atom. The van der Waals surface area contributed by atoms with Gasteiger partial charge in [-0.05, 0) is 38.0 Å². The Bertz CT molecular complexity index is 152. The molecule has 0 rings (SSSR count). The molecule has 0 spiro atoms. The molecule has 0 aromatic rings. The van der Waals surface area contributed by atoms with Crippen LogP contribution in [0.5, 0.6) is 0 Å². The van der Waals surface area contributed by atoms with Crippen molar-refractivity contribution < 1.29 is 0 Å². The lowest BCUT2D eigenvalue weighted by Gasteiger charge is -2.19. The number of hydrogen-bond acceptors (Lipinski definition) is 2. The van der Waals surface area contributed by atoms with Crippen molar-refractivity contribution >= 4 is 0 Å². The van der Waals surface area contributed by atoms with Crippen molar-refractivity contribution in [2.45, 2.75) is 27.2 Å². The minimum Gasteiger partial charge on any atom is -0.313 e. The highest BCUT2D eigenvalue weighted by Gasteiger charge is 2.02. The van der Waals surface area contributed by atoms with Gasteiger partial charge in [0.15, 0.2) is 0 Å². The predicted molar refractivity (Wildman–Crippen MR) is 64.6 cm³/mol. The van der Waals surface area contributed by atoms with Crippen molar-refractivity contribution in [2.75, 3.05) is 33.2 Å². The van der Waals surface area contributed by atoms with Gasteiger partial charge in [0.2, 0.25) is 0 Å². The lowest BCUT2D eigenvalue weighted by Crippen LogP contribution is -2.27. The zero-order valence-electron chi connectivity index (χ0n) is 10.3. The minimum atomic E-state index is 0.791. The highest BCUT2D eigenvalue weighted by Crippen LogP contribution is 2.01. The van der Waals surface area contributed by atoms with E-state index in [0.717, 1.165) is 25.6 Å². The lowest BCUT2D eigenvalue weighted by atomic mass is 10.1. The van der Waals surface area contributed by atoms with Crippen molar-refractivity contribution in [3.63, 3.8) is 0 Å². The van der Waals surface area contributed by atoms with Crippen LogP contribution >= 0.6 is 0 Å². The molecule has 0 unspecified atom stereocenters. The molecule has 0 saturated carbocycles. The Hall–Kier alpha value is -0.340. The van der Waals surface area contributed by atoms with Gasteiger partial charge in [0, 0.05) is 13.1 Å². The van der Waals surface area contributed by atoms with Crippen molar-refractivity contribution in [1.29, 1.82) is 0 Å². The molecule has 0 aromatic carbocycles. The lowest BCUT2D eigenvalue weighted by molar-refractivity contribution is 0.331. The minimum absolute atomic E-state index is 0.791. The maximum atomic E-state index is 4.06. The van der Waals surface area contributed by atoms with Crippen LogP contribution in [0.3, 0.4) is 0 Å². The second-order valence-electron chi connectivity index (χ2n) is 4.45. The first kappa shape index (κ1) is 13.7. The second kappa shape index (κ2) is 8.01. The summed E-state index contributed by atoms with van der Waals surface area (Å²) in [7, 11) is 2.17. The first-order valence-electron chi connectivity index (χ1n) is 5.62. The quantitative estimate of drug-likeness (QED) is 0.601. The fraction of sp³-hybridized carbons (Fsp3) is 0.833. The highest BCUT2D eigenvalue weighted by molar-refractivity contribution is 4.99. The van der Waals surface area contributed by atoms with Crippen LogP contribution in [0.2, 0.25) is 0 Å². The third-order valence-electron chi connectivity index (χ3n) is 2.21. The van der Waals surface area contributed by atoms with Gasteiger partial charge in [0.1, 0.15) is 0 Å². The molecule has 1 N–H and O–H groups in total. The average Bonchev–Trinajstić information content (AvgIpc) is 2.11. The molecule has 0 fully saturated rings. The SMILES string of the molecule is C=C(CNCC)CN(C)CCC(C)C. The van der Waals surface area contributed by atoms with Crippen LogP contribution in [0.1, 0.15) is 27.2 Å². The first-order valence-corrected chi connectivity index (χ1v) is 5.62. The van der Waals surface area contributed by atoms with Crippen LogP contribution in [-0.2, 0) is 0 Å². The summed E-state index contributed by atoms with van der Waals surface area (Å²) >= 11 is 0. The van der Waals surface area contributed by atoms with E-state index in [2.05, 4.69) is 44.6 Å². The highest BCUT2D eigenvalue weighted by atomic mass is 15.1. The molecule has 0 atom stereocenters. The molecule has 0 bridgehead atoms. The number of rotatable bonds is 8. The maximum absolute atomic E-state index is 4.06. The molecule has 2 nitrogen and oxygen atoms in total. The summed E-state index contributed by atoms with van der Waals surface area (Å²) in [6, 6.07) is 0. The van der Waals surface area contributed by atoms with E-state index in [1.807, 2.05) is 0 Å². The molecule has 0 aromatic heterocycles. The standard InChI is InChI=1S/C12H26N2/c1-6-13-9-12(4)10-14(5)8-7-11(2)3/h11,13H,4,6-10H2,1-3,5H3. The summed E-state index contributed by atoms with van der Waals surface area (Å²) in [6.07, 6.45) is 1.27. The maximum Gasteiger partial charge on any atom is 0.0199 e. The number of nitrogens with one attached hydrogen (secondary N) is 1. The van der Waals surface area contributed by atoms with E-state index >= 15 is 0 Å². The van der Waals surface area contributed by atoms with E-state index in [1.165, 1.54) is 18.5 Å². The monoisotopic (exact) mass is 198 g/mol. The third-order valence-corrected chi connectivity index (χ3v) is 2.21. The summed E-state index contributed by atoms with van der Waals surface area (Å²) in [4.78, 5) is 2.35. The van der Waals surface area contributed by atoms with Gasteiger partial charge in [0.25, 0.3) is 0 Å². The molecule has 0 aliphatic heterocycles. The molecule has 2 heteroatoms. The average molecular weight is 198 g/mol. The van der Waals surface area contributed by atoms with Crippen molar-refractivity contribution in [2.24, 2.45) is 5.92 Å². The van der Waals surface area contributed by atoms with Crippen molar-refractivity contribution in [3.8, 4) is 0 Å². The van der Waals surface area contributed by atoms with Gasteiger partial charge in [-0.2, -0.15) is 0 Å². The summed E-state index contributed by atoms with van der Waals surface area (Å²) in [5, 5.41) is 3.29. The Morgan fingerprint density at radius 3 is 2.57 bits per heavy atom. The largest absolute Gasteiger partial charge is 0.313 e. The normalized spacial score (nSPS) is 11.3. The van der Waals surface area contributed by atoms with Crippen molar-refractivity contribution in [1.82, 2.24) is 10.2 Å². The van der Waals surface area contributed by atoms with Gasteiger partial charge >= 0.3 is 0 Å². The summed E-state index contributed by atoms with van der Waals surface area (Å²) in [6.45, 7) is 14.9. The number of nitrogens with zero attached hydrogens (tertiary/aromatic N) is 1. The van der Waals surface area contributed by atoms with E-state index < -0.39 is 0 Å². The van der Waals surface area contributed by atoms with Crippen LogP contribution in [-0.4, -0.2) is 38.1 Å². The Kier molecular flexibility index (Phi) is 7.81. The zero-order chi connectivity index (χ0) is 11.0. The van der Waals surface area contributed by atoms with Gasteiger partial charge in [-0.25, -0.2) is 0 Å². The molecule has 0 aliphatic carbocycles. The topological polar surface area (TPSA) is 15.3 Å². The van der Waals surface area contributed by atoms with E-state index in [1.54, 1.807) is 0 Å². The van der Waals surface area contributed by atoms with Crippen LogP contribution in [0.25, 0.3) is 0 Å². The van der Waals surface area contributed by atoms with Gasteiger partial charge < -0.3 is 10.2 Å². The van der Waals surface area contributed by atoms with Crippen molar-refractivity contribution in [3.05, 3.63) is 12.2 Å². The number of hydrogen-bond donors (Lipinski definition) is 1. The smallest absolute Gasteiger partial charge is 0.0199 e. The molecular formula is C12H26N2. The fourth-order valence-electron chi connectivity index (χ4n) is 1.30. The summed E-state index contributed by atoms with van der Waals surface area (Å²) in [5.41, 5.74) is 1.28. The van der Waals surface area contributed by atoms with E-state index in [4.69, 9.17) is 0 Å². The fourth-order valence-corrected chi connectivity index (χ4v) is 1.30. The van der Waals surface area contributed by atoms with E-state index in [0.29, 0.717) is 0 Å². The molecule has 0 amide bonds. The number of likely N-dealkylation sites (N-methyl/N-ethyl adjacent to an activating group) is 2. The van der Waals surface area contributed by atoms with Crippen LogP contribution in [0.4, 0.5) is 0 Å². The zero-order valence-corrected chi connectivity index (χ0v) is 10.3. The molecule has 0 saturated heterocycles. The van der Waals surface area contributed by atoms with E-state index in [-0.39, 0.29) is 0 Å². The van der Waals surface area contributed by atoms with E-state index in [9.17, 15) is 0 Å². The second-order valence-corrected chi connectivity index (χ2v) is 4.45. The predicted octanol–water partition coefficient (Wildman–Crippen LogP) is 2.13. The molecule has 0 aliphatic rings. The first-order chi connectivity index (χ1) is 6.56. The third kappa shape index (κ3) is 8.27. The Balaban J connectivity index is 3.50.